The predicted octanol–water partition coefficient (Wildman–Crippen LogP) is 2.53. The Morgan fingerprint density at radius 3 is 2.16 bits per heavy atom. The molecule has 0 saturated carbocycles. The van der Waals surface area contributed by atoms with E-state index >= 15 is 0 Å². The number of nitrogens with one attached hydrogen (secondary N) is 2. The fourth-order valence-corrected chi connectivity index (χ4v) is 3.10. The summed E-state index contributed by atoms with van der Waals surface area (Å²) in [6, 6.07) is 15.7. The Balaban J connectivity index is 1.82. The lowest BCUT2D eigenvalue weighted by Gasteiger charge is -2.09. The first kappa shape index (κ1) is 16.6. The summed E-state index contributed by atoms with van der Waals surface area (Å²) < 4.78 is 27.2. The Labute approximate surface area is 144 Å². The molecule has 0 fully saturated rings. The fourth-order valence-electron chi connectivity index (χ4n) is 2.05. The van der Waals surface area contributed by atoms with Crippen LogP contribution in [0.15, 0.2) is 78.0 Å². The minimum atomic E-state index is -3.85. The minimum Gasteiger partial charge on any atom is -0.307 e. The van der Waals surface area contributed by atoms with Crippen molar-refractivity contribution in [3.05, 3.63) is 78.6 Å². The van der Waals surface area contributed by atoms with Crippen molar-refractivity contribution < 1.29 is 13.2 Å². The number of carbonyl (C=O) groups is 1. The molecule has 0 radical (unpaired) electrons. The van der Waals surface area contributed by atoms with E-state index in [0.717, 1.165) is 0 Å². The average molecular weight is 354 g/mol. The van der Waals surface area contributed by atoms with Crippen LogP contribution >= 0.6 is 0 Å². The lowest BCUT2D eigenvalue weighted by molar-refractivity contribution is 0.102. The van der Waals surface area contributed by atoms with Crippen molar-refractivity contribution >= 4 is 27.6 Å². The Hall–Kier alpha value is -3.26. The van der Waals surface area contributed by atoms with Gasteiger partial charge in [0, 0.05) is 18.0 Å². The van der Waals surface area contributed by atoms with Crippen molar-refractivity contribution in [2.45, 2.75) is 4.90 Å². The second-order valence-corrected chi connectivity index (χ2v) is 6.70. The van der Waals surface area contributed by atoms with Gasteiger partial charge in [0.05, 0.1) is 4.90 Å². The molecular formula is C17H14N4O3S. The largest absolute Gasteiger partial charge is 0.307 e. The number of anilines is 2. The topological polar surface area (TPSA) is 101 Å². The molecule has 2 aromatic heterocycles. The summed E-state index contributed by atoms with van der Waals surface area (Å²) in [4.78, 5) is 20.2. The van der Waals surface area contributed by atoms with E-state index in [-0.39, 0.29) is 16.3 Å². The quantitative estimate of drug-likeness (QED) is 0.733. The van der Waals surface area contributed by atoms with Crippen molar-refractivity contribution in [1.82, 2.24) is 9.97 Å². The number of rotatable bonds is 5. The Bertz CT molecular complexity index is 977. The van der Waals surface area contributed by atoms with E-state index in [1.165, 1.54) is 36.5 Å². The van der Waals surface area contributed by atoms with E-state index in [1.807, 2.05) is 0 Å². The standard InChI is InChI=1S/C17H14N4O3S/c22-17(20-15-8-1-3-10-18-15)13-6-5-7-14(12-13)25(23,24)21-16-9-2-4-11-19-16/h1-12H,(H,19,21)(H,18,20,22). The zero-order valence-electron chi connectivity index (χ0n) is 13.0. The van der Waals surface area contributed by atoms with Gasteiger partial charge in [0.1, 0.15) is 11.6 Å². The van der Waals surface area contributed by atoms with Crippen LogP contribution in [0.25, 0.3) is 0 Å². The number of aromatic nitrogens is 2. The number of hydrogen-bond donors (Lipinski definition) is 2. The summed E-state index contributed by atoms with van der Waals surface area (Å²) in [7, 11) is -3.85. The Morgan fingerprint density at radius 1 is 0.840 bits per heavy atom. The number of pyridine rings is 2. The highest BCUT2D eigenvalue weighted by Crippen LogP contribution is 2.16. The molecule has 0 bridgehead atoms. The summed E-state index contributed by atoms with van der Waals surface area (Å²) in [5, 5.41) is 2.61. The second-order valence-electron chi connectivity index (χ2n) is 5.02. The van der Waals surface area contributed by atoms with E-state index < -0.39 is 15.9 Å². The van der Waals surface area contributed by atoms with Gasteiger partial charge in [-0.1, -0.05) is 18.2 Å². The summed E-state index contributed by atoms with van der Waals surface area (Å²) in [6.45, 7) is 0. The molecule has 0 aliphatic rings. The van der Waals surface area contributed by atoms with Gasteiger partial charge in [-0.25, -0.2) is 18.4 Å². The van der Waals surface area contributed by atoms with E-state index in [1.54, 1.807) is 36.5 Å². The number of sulfonamides is 1. The van der Waals surface area contributed by atoms with E-state index in [2.05, 4.69) is 20.0 Å². The van der Waals surface area contributed by atoms with Gasteiger partial charge in [-0.05, 0) is 42.5 Å². The normalized spacial score (nSPS) is 10.9. The SMILES string of the molecule is O=C(Nc1ccccn1)c1cccc(S(=O)(=O)Nc2ccccn2)c1. The molecular weight excluding hydrogens is 340 g/mol. The maximum absolute atomic E-state index is 12.4. The fraction of sp³-hybridized carbons (Fsp3) is 0. The molecule has 1 amide bonds. The molecule has 126 valence electrons. The summed E-state index contributed by atoms with van der Waals surface area (Å²) >= 11 is 0. The van der Waals surface area contributed by atoms with Gasteiger partial charge in [-0.3, -0.25) is 9.52 Å². The first-order valence-corrected chi connectivity index (χ1v) is 8.79. The molecule has 2 N–H and O–H groups in total. The first-order chi connectivity index (χ1) is 12.0. The van der Waals surface area contributed by atoms with Gasteiger partial charge in [-0.2, -0.15) is 0 Å². The molecule has 0 unspecified atom stereocenters. The summed E-state index contributed by atoms with van der Waals surface area (Å²) in [5.41, 5.74) is 0.203. The molecule has 0 saturated heterocycles. The number of hydrogen-bond acceptors (Lipinski definition) is 5. The lowest BCUT2D eigenvalue weighted by atomic mass is 10.2. The minimum absolute atomic E-state index is 0.0353. The van der Waals surface area contributed by atoms with Gasteiger partial charge in [0.2, 0.25) is 0 Å². The molecule has 3 rings (SSSR count). The van der Waals surface area contributed by atoms with Crippen molar-refractivity contribution in [3.63, 3.8) is 0 Å². The van der Waals surface area contributed by atoms with Crippen molar-refractivity contribution in [2.24, 2.45) is 0 Å². The van der Waals surface area contributed by atoms with Crippen LogP contribution in [-0.2, 0) is 10.0 Å². The van der Waals surface area contributed by atoms with Crippen LogP contribution in [0.1, 0.15) is 10.4 Å². The van der Waals surface area contributed by atoms with Crippen LogP contribution < -0.4 is 10.0 Å². The maximum Gasteiger partial charge on any atom is 0.263 e. The summed E-state index contributed by atoms with van der Waals surface area (Å²) in [6.07, 6.45) is 3.03. The van der Waals surface area contributed by atoms with Crippen LogP contribution in [0.2, 0.25) is 0 Å². The predicted molar refractivity (Wildman–Crippen MR) is 93.7 cm³/mol. The highest BCUT2D eigenvalue weighted by molar-refractivity contribution is 7.92. The van der Waals surface area contributed by atoms with E-state index in [0.29, 0.717) is 5.82 Å². The molecule has 8 heteroatoms. The van der Waals surface area contributed by atoms with Crippen LogP contribution in [0, 0.1) is 0 Å². The zero-order chi connectivity index (χ0) is 17.7. The molecule has 7 nitrogen and oxygen atoms in total. The molecule has 0 aliphatic heterocycles. The number of amides is 1. The second kappa shape index (κ2) is 7.10. The van der Waals surface area contributed by atoms with Crippen molar-refractivity contribution in [1.29, 1.82) is 0 Å². The van der Waals surface area contributed by atoms with Gasteiger partial charge in [0.25, 0.3) is 15.9 Å². The third-order valence-corrected chi connectivity index (χ3v) is 4.57. The van der Waals surface area contributed by atoms with Gasteiger partial charge < -0.3 is 5.32 Å². The summed E-state index contributed by atoms with van der Waals surface area (Å²) in [5.74, 6) is 0.131. The van der Waals surface area contributed by atoms with Gasteiger partial charge >= 0.3 is 0 Å². The van der Waals surface area contributed by atoms with E-state index in [9.17, 15) is 13.2 Å². The Morgan fingerprint density at radius 2 is 1.52 bits per heavy atom. The molecule has 0 atom stereocenters. The number of nitrogens with zero attached hydrogens (tertiary/aromatic N) is 2. The third-order valence-electron chi connectivity index (χ3n) is 3.22. The van der Waals surface area contributed by atoms with Crippen molar-refractivity contribution in [3.8, 4) is 0 Å². The molecule has 1 aromatic carbocycles. The number of carbonyl (C=O) groups excluding carboxylic acids is 1. The van der Waals surface area contributed by atoms with Crippen LogP contribution in [0.4, 0.5) is 11.6 Å². The monoisotopic (exact) mass is 354 g/mol. The zero-order valence-corrected chi connectivity index (χ0v) is 13.8. The van der Waals surface area contributed by atoms with Gasteiger partial charge in [-0.15, -0.1) is 0 Å². The smallest absolute Gasteiger partial charge is 0.263 e. The average Bonchev–Trinajstić information content (AvgIpc) is 2.63. The third kappa shape index (κ3) is 4.18. The van der Waals surface area contributed by atoms with Crippen LogP contribution in [0.3, 0.4) is 0 Å². The molecule has 0 spiro atoms. The van der Waals surface area contributed by atoms with Crippen LogP contribution in [0.5, 0.6) is 0 Å². The molecule has 25 heavy (non-hydrogen) atoms. The molecule has 3 aromatic rings. The molecule has 0 aliphatic carbocycles. The highest BCUT2D eigenvalue weighted by atomic mass is 32.2. The number of benzene rings is 1. The highest BCUT2D eigenvalue weighted by Gasteiger charge is 2.17. The lowest BCUT2D eigenvalue weighted by Crippen LogP contribution is -2.16. The first-order valence-electron chi connectivity index (χ1n) is 7.31. The van der Waals surface area contributed by atoms with Crippen molar-refractivity contribution in [2.75, 3.05) is 10.0 Å². The van der Waals surface area contributed by atoms with Gasteiger partial charge in [0.15, 0.2) is 0 Å². The molecule has 2 heterocycles. The Kier molecular flexibility index (Phi) is 4.71. The maximum atomic E-state index is 12.4. The van der Waals surface area contributed by atoms with E-state index in [4.69, 9.17) is 0 Å². The van der Waals surface area contributed by atoms with Crippen LogP contribution in [-0.4, -0.2) is 24.3 Å².